The highest BCUT2D eigenvalue weighted by Gasteiger charge is 2.38. The molecule has 0 aliphatic carbocycles. The smallest absolute Gasteiger partial charge is 0.239 e. The van der Waals surface area contributed by atoms with Gasteiger partial charge in [-0.25, -0.2) is 4.98 Å². The van der Waals surface area contributed by atoms with Crippen LogP contribution in [0.15, 0.2) is 48.1 Å². The van der Waals surface area contributed by atoms with Crippen molar-refractivity contribution in [1.29, 1.82) is 0 Å². The summed E-state index contributed by atoms with van der Waals surface area (Å²) in [5.74, 6) is -1.03. The maximum Gasteiger partial charge on any atom is 0.239 e. The number of nitrogens with zero attached hydrogens (tertiary/aromatic N) is 3. The first-order valence-corrected chi connectivity index (χ1v) is 10.9. The van der Waals surface area contributed by atoms with E-state index in [0.717, 1.165) is 27.5 Å². The molecule has 3 aromatic rings. The molecule has 154 valence electrons. The summed E-state index contributed by atoms with van der Waals surface area (Å²) in [6, 6.07) is 9.50. The maximum atomic E-state index is 12.9. The summed E-state index contributed by atoms with van der Waals surface area (Å²) in [5, 5.41) is 5.75. The summed E-state index contributed by atoms with van der Waals surface area (Å²) in [6.45, 7) is 6.52. The number of aryl methyl sites for hydroxylation is 2. The quantitative estimate of drug-likeness (QED) is 0.632. The monoisotopic (exact) mass is 420 g/mol. The Labute approximate surface area is 180 Å². The molecule has 2 aromatic heterocycles. The van der Waals surface area contributed by atoms with Crippen molar-refractivity contribution in [2.24, 2.45) is 5.92 Å². The minimum atomic E-state index is -0.659. The second kappa shape index (κ2) is 8.36. The molecule has 2 atom stereocenters. The molecule has 0 saturated carbocycles. The minimum Gasteiger partial charge on any atom is -0.346 e. The van der Waals surface area contributed by atoms with Gasteiger partial charge in [0.15, 0.2) is 0 Å². The fourth-order valence-corrected chi connectivity index (χ4v) is 4.43. The van der Waals surface area contributed by atoms with Crippen LogP contribution in [0.3, 0.4) is 0 Å². The molecule has 6 nitrogen and oxygen atoms in total. The highest BCUT2D eigenvalue weighted by molar-refractivity contribution is 7.10. The van der Waals surface area contributed by atoms with Crippen molar-refractivity contribution in [3.63, 3.8) is 0 Å². The molecule has 1 fully saturated rings. The molecule has 1 aliphatic heterocycles. The van der Waals surface area contributed by atoms with E-state index in [1.807, 2.05) is 56.5 Å². The van der Waals surface area contributed by atoms with Crippen LogP contribution >= 0.6 is 11.3 Å². The van der Waals surface area contributed by atoms with Crippen LogP contribution < -0.4 is 10.2 Å². The molecule has 1 N–H and O–H groups in total. The van der Waals surface area contributed by atoms with E-state index in [4.69, 9.17) is 0 Å². The van der Waals surface area contributed by atoms with Crippen LogP contribution in [0.2, 0.25) is 0 Å². The summed E-state index contributed by atoms with van der Waals surface area (Å²) in [5.41, 5.74) is 5.02. The van der Waals surface area contributed by atoms with Gasteiger partial charge in [-0.3, -0.25) is 14.6 Å². The van der Waals surface area contributed by atoms with Gasteiger partial charge in [-0.05, 0) is 62.6 Å². The van der Waals surface area contributed by atoms with E-state index in [9.17, 15) is 9.59 Å². The number of carbonyl (C=O) groups excluding carboxylic acids is 2. The van der Waals surface area contributed by atoms with Gasteiger partial charge in [0.1, 0.15) is 10.9 Å². The van der Waals surface area contributed by atoms with E-state index in [1.54, 1.807) is 17.3 Å². The van der Waals surface area contributed by atoms with Crippen molar-refractivity contribution < 1.29 is 9.59 Å². The van der Waals surface area contributed by atoms with Crippen molar-refractivity contribution >= 4 is 28.8 Å². The van der Waals surface area contributed by atoms with Crippen molar-refractivity contribution in [2.75, 3.05) is 11.4 Å². The Hall–Kier alpha value is -3.06. The van der Waals surface area contributed by atoms with Crippen LogP contribution in [-0.4, -0.2) is 28.3 Å². The number of thiazole rings is 1. The SMILES string of the molecule is Cc1ccc(N2CCC(C(=O)NC(C)c3nc(-c4ccncc4)cs3)C2=O)cc1C. The molecular formula is C23H24N4O2S. The molecule has 7 heteroatoms. The Morgan fingerprint density at radius 2 is 1.97 bits per heavy atom. The Bertz CT molecular complexity index is 1080. The topological polar surface area (TPSA) is 75.2 Å². The van der Waals surface area contributed by atoms with Crippen molar-refractivity contribution in [3.8, 4) is 11.3 Å². The van der Waals surface area contributed by atoms with Gasteiger partial charge >= 0.3 is 0 Å². The van der Waals surface area contributed by atoms with Gasteiger partial charge in [-0.2, -0.15) is 0 Å². The molecule has 2 amide bonds. The number of aromatic nitrogens is 2. The molecular weight excluding hydrogens is 396 g/mol. The van der Waals surface area contributed by atoms with Gasteiger partial charge in [0, 0.05) is 35.6 Å². The van der Waals surface area contributed by atoms with Crippen LogP contribution in [0.1, 0.15) is 35.5 Å². The number of hydrogen-bond donors (Lipinski definition) is 1. The molecule has 30 heavy (non-hydrogen) atoms. The fraction of sp³-hybridized carbons (Fsp3) is 0.304. The molecule has 4 rings (SSSR count). The van der Waals surface area contributed by atoms with Gasteiger partial charge < -0.3 is 10.2 Å². The molecule has 2 unspecified atom stereocenters. The molecule has 0 bridgehead atoms. The largest absolute Gasteiger partial charge is 0.346 e. The Morgan fingerprint density at radius 3 is 2.70 bits per heavy atom. The minimum absolute atomic E-state index is 0.139. The molecule has 3 heterocycles. The van der Waals surface area contributed by atoms with Crippen LogP contribution in [0.5, 0.6) is 0 Å². The van der Waals surface area contributed by atoms with E-state index in [2.05, 4.69) is 15.3 Å². The second-order valence-electron chi connectivity index (χ2n) is 7.64. The Morgan fingerprint density at radius 1 is 1.20 bits per heavy atom. The third-order valence-electron chi connectivity index (χ3n) is 5.55. The number of amides is 2. The van der Waals surface area contributed by atoms with E-state index in [1.165, 1.54) is 16.9 Å². The number of rotatable bonds is 5. The molecule has 1 saturated heterocycles. The summed E-state index contributed by atoms with van der Waals surface area (Å²) in [6.07, 6.45) is 3.98. The van der Waals surface area contributed by atoms with Gasteiger partial charge in [-0.1, -0.05) is 6.07 Å². The lowest BCUT2D eigenvalue weighted by Gasteiger charge is -2.19. The summed E-state index contributed by atoms with van der Waals surface area (Å²) in [4.78, 5) is 36.1. The van der Waals surface area contributed by atoms with Crippen molar-refractivity contribution in [2.45, 2.75) is 33.2 Å². The van der Waals surface area contributed by atoms with Crippen molar-refractivity contribution in [3.05, 3.63) is 64.2 Å². The Balaban J connectivity index is 1.42. The van der Waals surface area contributed by atoms with Gasteiger partial charge in [0.05, 0.1) is 11.7 Å². The molecule has 0 radical (unpaired) electrons. The third kappa shape index (κ3) is 3.98. The summed E-state index contributed by atoms with van der Waals surface area (Å²) < 4.78 is 0. The maximum absolute atomic E-state index is 12.9. The third-order valence-corrected chi connectivity index (χ3v) is 6.58. The fourth-order valence-electron chi connectivity index (χ4n) is 3.59. The number of hydrogen-bond acceptors (Lipinski definition) is 5. The lowest BCUT2D eigenvalue weighted by molar-refractivity contribution is -0.132. The number of benzene rings is 1. The van der Waals surface area contributed by atoms with E-state index >= 15 is 0 Å². The predicted octanol–water partition coefficient (Wildman–Crippen LogP) is 4.05. The second-order valence-corrected chi connectivity index (χ2v) is 8.53. The first-order chi connectivity index (χ1) is 14.4. The zero-order chi connectivity index (χ0) is 21.3. The summed E-state index contributed by atoms with van der Waals surface area (Å²) in [7, 11) is 0. The highest BCUT2D eigenvalue weighted by Crippen LogP contribution is 2.29. The van der Waals surface area contributed by atoms with Crippen molar-refractivity contribution in [1.82, 2.24) is 15.3 Å². The average molecular weight is 421 g/mol. The van der Waals surface area contributed by atoms with Crippen LogP contribution in [-0.2, 0) is 9.59 Å². The number of nitrogens with one attached hydrogen (secondary N) is 1. The number of carbonyl (C=O) groups is 2. The van der Waals surface area contributed by atoms with Crippen LogP contribution in [0, 0.1) is 19.8 Å². The van der Waals surface area contributed by atoms with E-state index < -0.39 is 5.92 Å². The zero-order valence-corrected chi connectivity index (χ0v) is 18.1. The standard InChI is InChI=1S/C23H24N4O2S/c1-14-4-5-18(12-15(14)2)27-11-8-19(23(27)29)21(28)25-16(3)22-26-20(13-30-22)17-6-9-24-10-7-17/h4-7,9-10,12-13,16,19H,8,11H2,1-3H3,(H,25,28). The Kier molecular flexibility index (Phi) is 5.63. The molecule has 1 aromatic carbocycles. The summed E-state index contributed by atoms with van der Waals surface area (Å²) >= 11 is 1.50. The number of anilines is 1. The van der Waals surface area contributed by atoms with Crippen LogP contribution in [0.4, 0.5) is 5.69 Å². The normalized spacial score (nSPS) is 17.2. The average Bonchev–Trinajstić information content (AvgIpc) is 3.38. The first kappa shape index (κ1) is 20.2. The highest BCUT2D eigenvalue weighted by atomic mass is 32.1. The predicted molar refractivity (Wildman–Crippen MR) is 118 cm³/mol. The number of pyridine rings is 1. The van der Waals surface area contributed by atoms with Crippen LogP contribution in [0.25, 0.3) is 11.3 Å². The van der Waals surface area contributed by atoms with Gasteiger partial charge in [-0.15, -0.1) is 11.3 Å². The lowest BCUT2D eigenvalue weighted by Crippen LogP contribution is -2.38. The van der Waals surface area contributed by atoms with Gasteiger partial charge in [0.2, 0.25) is 11.8 Å². The molecule has 1 aliphatic rings. The van der Waals surface area contributed by atoms with E-state index in [-0.39, 0.29) is 17.9 Å². The molecule has 0 spiro atoms. The lowest BCUT2D eigenvalue weighted by atomic mass is 10.1. The van der Waals surface area contributed by atoms with E-state index in [0.29, 0.717) is 13.0 Å². The zero-order valence-electron chi connectivity index (χ0n) is 17.3. The first-order valence-electron chi connectivity index (χ1n) is 9.99. The van der Waals surface area contributed by atoms with Gasteiger partial charge in [0.25, 0.3) is 0 Å².